The van der Waals surface area contributed by atoms with Crippen LogP contribution in [0.5, 0.6) is 5.75 Å². The van der Waals surface area contributed by atoms with Gasteiger partial charge in [-0.05, 0) is 31.2 Å². The molecule has 1 saturated carbocycles. The first-order valence-corrected chi connectivity index (χ1v) is 6.41. The number of nitrogens with two attached hydrogens (primary N) is 1. The Balaban J connectivity index is 2.51. The van der Waals surface area contributed by atoms with Crippen molar-refractivity contribution in [3.05, 3.63) is 23.8 Å². The van der Waals surface area contributed by atoms with E-state index in [-0.39, 0.29) is 5.41 Å². The number of hydrogen-bond acceptors (Lipinski definition) is 3. The van der Waals surface area contributed by atoms with Crippen molar-refractivity contribution in [2.45, 2.75) is 23.2 Å². The second-order valence-electron chi connectivity index (χ2n) is 4.02. The fourth-order valence-electron chi connectivity index (χ4n) is 2.08. The molecule has 0 bridgehead atoms. The van der Waals surface area contributed by atoms with E-state index in [1.807, 2.05) is 12.1 Å². The van der Waals surface area contributed by atoms with Crippen LogP contribution >= 0.6 is 11.8 Å². The predicted octanol–water partition coefficient (Wildman–Crippen LogP) is 2.41. The SMILES string of the molecule is COc1cccc(SC)c1C1(CN)CC1. The molecule has 1 aromatic carbocycles. The third-order valence-corrected chi connectivity index (χ3v) is 3.98. The van der Waals surface area contributed by atoms with Crippen molar-refractivity contribution < 1.29 is 4.74 Å². The number of benzene rings is 1. The molecular weight excluding hydrogens is 206 g/mol. The molecule has 1 aliphatic carbocycles. The molecule has 0 radical (unpaired) electrons. The highest BCUT2D eigenvalue weighted by atomic mass is 32.2. The van der Waals surface area contributed by atoms with E-state index >= 15 is 0 Å². The lowest BCUT2D eigenvalue weighted by Gasteiger charge is -2.20. The molecule has 0 saturated heterocycles. The maximum absolute atomic E-state index is 5.88. The van der Waals surface area contributed by atoms with Crippen LogP contribution in [0.3, 0.4) is 0 Å². The van der Waals surface area contributed by atoms with Crippen molar-refractivity contribution in [3.8, 4) is 5.75 Å². The quantitative estimate of drug-likeness (QED) is 0.796. The topological polar surface area (TPSA) is 35.2 Å². The summed E-state index contributed by atoms with van der Waals surface area (Å²) >= 11 is 1.77. The third kappa shape index (κ3) is 1.74. The maximum atomic E-state index is 5.88. The highest BCUT2D eigenvalue weighted by Crippen LogP contribution is 2.53. The highest BCUT2D eigenvalue weighted by Gasteiger charge is 2.46. The van der Waals surface area contributed by atoms with Crippen LogP contribution in [-0.2, 0) is 5.41 Å². The molecule has 0 heterocycles. The molecule has 1 aromatic rings. The summed E-state index contributed by atoms with van der Waals surface area (Å²) in [7, 11) is 1.73. The molecule has 15 heavy (non-hydrogen) atoms. The summed E-state index contributed by atoms with van der Waals surface area (Å²) in [6.07, 6.45) is 4.49. The second kappa shape index (κ2) is 4.06. The van der Waals surface area contributed by atoms with Crippen LogP contribution in [0.25, 0.3) is 0 Å². The average molecular weight is 223 g/mol. The second-order valence-corrected chi connectivity index (χ2v) is 4.87. The fourth-order valence-corrected chi connectivity index (χ4v) is 2.82. The zero-order chi connectivity index (χ0) is 10.9. The van der Waals surface area contributed by atoms with Crippen molar-refractivity contribution in [1.82, 2.24) is 0 Å². The van der Waals surface area contributed by atoms with Gasteiger partial charge in [-0.1, -0.05) is 6.07 Å². The minimum Gasteiger partial charge on any atom is -0.496 e. The van der Waals surface area contributed by atoms with Gasteiger partial charge in [-0.3, -0.25) is 0 Å². The number of methoxy groups -OCH3 is 1. The van der Waals surface area contributed by atoms with E-state index in [0.717, 1.165) is 12.3 Å². The summed E-state index contributed by atoms with van der Waals surface area (Å²) in [6, 6.07) is 6.23. The Morgan fingerprint density at radius 1 is 1.47 bits per heavy atom. The van der Waals surface area contributed by atoms with Crippen molar-refractivity contribution in [3.63, 3.8) is 0 Å². The van der Waals surface area contributed by atoms with Crippen LogP contribution in [0.15, 0.2) is 23.1 Å². The first-order valence-electron chi connectivity index (χ1n) is 5.19. The Kier molecular flexibility index (Phi) is 2.94. The summed E-state index contributed by atoms with van der Waals surface area (Å²) in [6.45, 7) is 0.723. The Hall–Kier alpha value is -0.670. The van der Waals surface area contributed by atoms with E-state index in [9.17, 15) is 0 Å². The predicted molar refractivity (Wildman–Crippen MR) is 64.7 cm³/mol. The molecule has 0 aliphatic heterocycles. The molecule has 1 fully saturated rings. The molecule has 2 nitrogen and oxygen atoms in total. The zero-order valence-electron chi connectivity index (χ0n) is 9.25. The maximum Gasteiger partial charge on any atom is 0.123 e. The molecule has 2 rings (SSSR count). The van der Waals surface area contributed by atoms with Crippen molar-refractivity contribution in [1.29, 1.82) is 0 Å². The van der Waals surface area contributed by atoms with Gasteiger partial charge in [-0.25, -0.2) is 0 Å². The molecule has 0 atom stereocenters. The van der Waals surface area contributed by atoms with Gasteiger partial charge in [0.15, 0.2) is 0 Å². The van der Waals surface area contributed by atoms with Gasteiger partial charge in [0, 0.05) is 22.4 Å². The van der Waals surface area contributed by atoms with Crippen LogP contribution in [-0.4, -0.2) is 19.9 Å². The molecule has 0 unspecified atom stereocenters. The molecule has 1 aliphatic rings. The lowest BCUT2D eigenvalue weighted by atomic mass is 9.95. The van der Waals surface area contributed by atoms with Crippen LogP contribution in [0.4, 0.5) is 0 Å². The van der Waals surface area contributed by atoms with Crippen molar-refractivity contribution in [2.24, 2.45) is 5.73 Å². The van der Waals surface area contributed by atoms with E-state index in [1.165, 1.54) is 23.3 Å². The first kappa shape index (κ1) is 10.8. The molecule has 3 heteroatoms. The molecule has 2 N–H and O–H groups in total. The number of rotatable bonds is 4. The minimum atomic E-state index is 0.199. The van der Waals surface area contributed by atoms with Gasteiger partial charge in [0.25, 0.3) is 0 Å². The van der Waals surface area contributed by atoms with Crippen LogP contribution in [0.2, 0.25) is 0 Å². The zero-order valence-corrected chi connectivity index (χ0v) is 10.1. The Bertz CT molecular complexity index is 338. The van der Waals surface area contributed by atoms with Gasteiger partial charge in [0.1, 0.15) is 5.75 Å². The Morgan fingerprint density at radius 2 is 2.20 bits per heavy atom. The van der Waals surface area contributed by atoms with E-state index in [1.54, 1.807) is 18.9 Å². The largest absolute Gasteiger partial charge is 0.496 e. The van der Waals surface area contributed by atoms with Crippen molar-refractivity contribution in [2.75, 3.05) is 19.9 Å². The summed E-state index contributed by atoms with van der Waals surface area (Å²) in [5.74, 6) is 0.991. The van der Waals surface area contributed by atoms with Crippen LogP contribution in [0.1, 0.15) is 18.4 Å². The molecule has 0 amide bonds. The smallest absolute Gasteiger partial charge is 0.123 e. The number of hydrogen-bond donors (Lipinski definition) is 1. The molecular formula is C12H17NOS. The van der Waals surface area contributed by atoms with E-state index in [2.05, 4.69) is 12.3 Å². The number of thioether (sulfide) groups is 1. The van der Waals surface area contributed by atoms with Gasteiger partial charge in [0.2, 0.25) is 0 Å². The first-order chi connectivity index (χ1) is 7.27. The normalized spacial score (nSPS) is 17.5. The van der Waals surface area contributed by atoms with Gasteiger partial charge < -0.3 is 10.5 Å². The lowest BCUT2D eigenvalue weighted by Crippen LogP contribution is -2.21. The highest BCUT2D eigenvalue weighted by molar-refractivity contribution is 7.98. The van der Waals surface area contributed by atoms with Gasteiger partial charge in [-0.2, -0.15) is 0 Å². The van der Waals surface area contributed by atoms with Gasteiger partial charge >= 0.3 is 0 Å². The van der Waals surface area contributed by atoms with E-state index in [0.29, 0.717) is 0 Å². The minimum absolute atomic E-state index is 0.199. The Labute approximate surface area is 95.2 Å². The molecule has 0 aromatic heterocycles. The van der Waals surface area contributed by atoms with Crippen LogP contribution in [0, 0.1) is 0 Å². The Morgan fingerprint density at radius 3 is 2.67 bits per heavy atom. The summed E-state index contributed by atoms with van der Waals surface area (Å²) in [5.41, 5.74) is 7.40. The summed E-state index contributed by atoms with van der Waals surface area (Å²) in [4.78, 5) is 1.30. The summed E-state index contributed by atoms with van der Waals surface area (Å²) in [5, 5.41) is 0. The average Bonchev–Trinajstić information content (AvgIpc) is 3.08. The van der Waals surface area contributed by atoms with E-state index < -0.39 is 0 Å². The summed E-state index contributed by atoms with van der Waals surface area (Å²) < 4.78 is 5.45. The lowest BCUT2D eigenvalue weighted by molar-refractivity contribution is 0.402. The van der Waals surface area contributed by atoms with Gasteiger partial charge in [0.05, 0.1) is 7.11 Å². The van der Waals surface area contributed by atoms with Gasteiger partial charge in [-0.15, -0.1) is 11.8 Å². The third-order valence-electron chi connectivity index (χ3n) is 3.20. The fraction of sp³-hybridized carbons (Fsp3) is 0.500. The van der Waals surface area contributed by atoms with Crippen LogP contribution < -0.4 is 10.5 Å². The number of ether oxygens (including phenoxy) is 1. The molecule has 0 spiro atoms. The van der Waals surface area contributed by atoms with E-state index in [4.69, 9.17) is 10.5 Å². The monoisotopic (exact) mass is 223 g/mol. The van der Waals surface area contributed by atoms with Crippen molar-refractivity contribution >= 4 is 11.8 Å². The standard InChI is InChI=1S/C12H17NOS/c1-14-9-4-3-5-10(15-2)11(9)12(8-13)6-7-12/h3-5H,6-8,13H2,1-2H3. The molecule has 82 valence electrons.